The van der Waals surface area contributed by atoms with Crippen LogP contribution in [-0.2, 0) is 23.7 Å². The second-order valence-corrected chi connectivity index (χ2v) is 10.4. The van der Waals surface area contributed by atoms with Gasteiger partial charge in [-0.2, -0.15) is 0 Å². The number of aliphatic carboxylic acids is 1. The van der Waals surface area contributed by atoms with E-state index in [9.17, 15) is 9.90 Å². The molecular weight excluding hydrogens is 295 g/mol. The Balaban J connectivity index is 0. The van der Waals surface area contributed by atoms with Crippen LogP contribution in [-0.4, -0.2) is 86.0 Å². The van der Waals surface area contributed by atoms with Gasteiger partial charge in [-0.3, -0.25) is 0 Å². The van der Waals surface area contributed by atoms with Gasteiger partial charge in [-0.05, 0) is 0 Å². The van der Waals surface area contributed by atoms with Gasteiger partial charge in [-0.1, -0.05) is 0 Å². The molecule has 6 nitrogen and oxygen atoms in total. The van der Waals surface area contributed by atoms with E-state index in [1.165, 1.54) is 6.16 Å². The van der Waals surface area contributed by atoms with Crippen LogP contribution >= 0.6 is 7.26 Å². The van der Waals surface area contributed by atoms with Gasteiger partial charge >= 0.3 is 0 Å². The van der Waals surface area contributed by atoms with E-state index in [1.807, 2.05) is 0 Å². The molecule has 0 atom stereocenters. The Morgan fingerprint density at radius 3 is 1.71 bits per heavy atom. The highest BCUT2D eigenvalue weighted by Gasteiger charge is 2.15. The van der Waals surface area contributed by atoms with Crippen molar-refractivity contribution in [3.05, 3.63) is 0 Å². The third-order valence-corrected chi connectivity index (χ3v) is 3.74. The van der Waals surface area contributed by atoms with Crippen molar-refractivity contribution in [2.24, 2.45) is 0 Å². The van der Waals surface area contributed by atoms with Crippen LogP contribution in [0.25, 0.3) is 0 Å². The van der Waals surface area contributed by atoms with E-state index in [2.05, 4.69) is 20.0 Å². The Morgan fingerprint density at radius 2 is 1.33 bits per heavy atom. The fourth-order valence-corrected chi connectivity index (χ4v) is 1.72. The molecule has 0 aromatic carbocycles. The predicted molar refractivity (Wildman–Crippen MR) is 84.6 cm³/mol. The van der Waals surface area contributed by atoms with Crippen molar-refractivity contribution in [1.29, 1.82) is 0 Å². The molecule has 0 N–H and O–H groups in total. The standard InChI is InChI=1S/C8H16O5.C6H16OP/c1-11-4-5-13-7-6-12-3-2-8(9)10;1-7-5-6-8(2,3)4/h2-7H2,1H3,(H,9,10);5-6H2,1-4H3/q;+1/p-1. The summed E-state index contributed by atoms with van der Waals surface area (Å²) in [6.45, 7) is 10.0. The molecule has 0 aliphatic rings. The van der Waals surface area contributed by atoms with Crippen molar-refractivity contribution in [1.82, 2.24) is 0 Å². The van der Waals surface area contributed by atoms with Crippen LogP contribution in [0.15, 0.2) is 0 Å². The lowest BCUT2D eigenvalue weighted by Crippen LogP contribution is -2.23. The SMILES string of the molecule is COCCOCCOCCC(=O)[O-].COCC[P+](C)(C)C. The predicted octanol–water partition coefficient (Wildman–Crippen LogP) is 0.346. The second kappa shape index (κ2) is 16.1. The normalized spacial score (nSPS) is 10.9. The Hall–Kier alpha value is -0.260. The zero-order chi connectivity index (χ0) is 16.6. The van der Waals surface area contributed by atoms with Gasteiger partial charge in [0.15, 0.2) is 0 Å². The van der Waals surface area contributed by atoms with Gasteiger partial charge in [-0.25, -0.2) is 0 Å². The van der Waals surface area contributed by atoms with Crippen LogP contribution in [0.5, 0.6) is 0 Å². The van der Waals surface area contributed by atoms with Crippen molar-refractivity contribution in [3.63, 3.8) is 0 Å². The molecule has 0 unspecified atom stereocenters. The summed E-state index contributed by atoms with van der Waals surface area (Å²) in [5.74, 6) is -1.10. The number of rotatable bonds is 12. The average Bonchev–Trinajstić information content (AvgIpc) is 2.39. The summed E-state index contributed by atoms with van der Waals surface area (Å²) in [5.41, 5.74) is 0. The molecule has 0 aromatic rings. The van der Waals surface area contributed by atoms with Crippen molar-refractivity contribution >= 4 is 13.2 Å². The van der Waals surface area contributed by atoms with E-state index in [0.29, 0.717) is 26.4 Å². The van der Waals surface area contributed by atoms with E-state index in [1.54, 1.807) is 14.2 Å². The molecule has 0 aliphatic heterocycles. The topological polar surface area (TPSA) is 77.1 Å². The van der Waals surface area contributed by atoms with Crippen LogP contribution in [0.2, 0.25) is 0 Å². The van der Waals surface area contributed by atoms with E-state index in [-0.39, 0.29) is 13.0 Å². The molecular formula is C14H31O6P. The Morgan fingerprint density at radius 1 is 0.857 bits per heavy atom. The summed E-state index contributed by atoms with van der Waals surface area (Å²) >= 11 is 0. The number of carbonyl (C=O) groups is 1. The number of methoxy groups -OCH3 is 2. The summed E-state index contributed by atoms with van der Waals surface area (Å²) in [6, 6.07) is 0. The molecule has 0 radical (unpaired) electrons. The highest BCUT2D eigenvalue weighted by atomic mass is 31.2. The highest BCUT2D eigenvalue weighted by molar-refractivity contribution is 7.73. The zero-order valence-corrected chi connectivity index (χ0v) is 14.9. The molecule has 128 valence electrons. The molecule has 0 spiro atoms. The van der Waals surface area contributed by atoms with E-state index in [0.717, 1.165) is 6.61 Å². The highest BCUT2D eigenvalue weighted by Crippen LogP contribution is 2.45. The number of hydrogen-bond donors (Lipinski definition) is 0. The maximum Gasteiger partial charge on any atom is 0.0820 e. The van der Waals surface area contributed by atoms with Gasteiger partial charge in [0.1, 0.15) is 0 Å². The smallest absolute Gasteiger partial charge is 0.0820 e. The lowest BCUT2D eigenvalue weighted by Gasteiger charge is -2.09. The number of carboxylic acid groups (broad SMARTS) is 1. The molecule has 0 aliphatic carbocycles. The largest absolute Gasteiger partial charge is 0.550 e. The Bertz CT molecular complexity index is 230. The average molecular weight is 326 g/mol. The minimum Gasteiger partial charge on any atom is -0.550 e. The van der Waals surface area contributed by atoms with Crippen LogP contribution in [0.3, 0.4) is 0 Å². The van der Waals surface area contributed by atoms with Gasteiger partial charge in [0, 0.05) is 53.9 Å². The lowest BCUT2D eigenvalue weighted by atomic mass is 10.5. The van der Waals surface area contributed by atoms with Crippen molar-refractivity contribution in [2.45, 2.75) is 6.42 Å². The van der Waals surface area contributed by atoms with Crippen molar-refractivity contribution in [2.75, 3.05) is 80.0 Å². The van der Waals surface area contributed by atoms with Crippen molar-refractivity contribution < 1.29 is 28.8 Å². The Labute approximate surface area is 129 Å². The molecule has 0 rings (SSSR count). The molecule has 0 amide bonds. The number of ether oxygens (including phenoxy) is 4. The summed E-state index contributed by atoms with van der Waals surface area (Å²) in [6.07, 6.45) is 1.18. The van der Waals surface area contributed by atoms with Crippen LogP contribution < -0.4 is 5.11 Å². The third-order valence-electron chi connectivity index (χ3n) is 2.22. The first kappa shape index (κ1) is 23.0. The number of carboxylic acids is 1. The number of hydrogen-bond acceptors (Lipinski definition) is 6. The lowest BCUT2D eigenvalue weighted by molar-refractivity contribution is -0.306. The molecule has 0 saturated carbocycles. The van der Waals surface area contributed by atoms with Crippen LogP contribution in [0, 0.1) is 0 Å². The quantitative estimate of drug-likeness (QED) is 0.380. The van der Waals surface area contributed by atoms with E-state index >= 15 is 0 Å². The minimum atomic E-state index is -1.10. The van der Waals surface area contributed by atoms with Gasteiger partial charge in [-0.15, -0.1) is 0 Å². The first-order valence-corrected chi connectivity index (χ1v) is 10.3. The summed E-state index contributed by atoms with van der Waals surface area (Å²) in [5, 5.41) is 9.93. The van der Waals surface area contributed by atoms with E-state index in [4.69, 9.17) is 18.9 Å². The fourth-order valence-electron chi connectivity index (χ4n) is 0.985. The molecule has 0 fully saturated rings. The van der Waals surface area contributed by atoms with Gasteiger partial charge in [0.2, 0.25) is 0 Å². The van der Waals surface area contributed by atoms with Crippen LogP contribution in [0.4, 0.5) is 0 Å². The minimum absolute atomic E-state index is 0.0714. The maximum atomic E-state index is 9.93. The molecule has 0 aromatic heterocycles. The molecule has 0 bridgehead atoms. The first-order valence-electron chi connectivity index (χ1n) is 6.97. The fraction of sp³-hybridized carbons (Fsp3) is 0.929. The maximum absolute atomic E-state index is 9.93. The van der Waals surface area contributed by atoms with Gasteiger partial charge in [0.05, 0.1) is 45.8 Å². The van der Waals surface area contributed by atoms with Crippen molar-refractivity contribution in [3.8, 4) is 0 Å². The number of carbonyl (C=O) groups excluding carboxylic acids is 1. The molecule has 21 heavy (non-hydrogen) atoms. The summed E-state index contributed by atoms with van der Waals surface area (Å²) in [7, 11) is 2.80. The second-order valence-electron chi connectivity index (χ2n) is 5.35. The van der Waals surface area contributed by atoms with Crippen LogP contribution in [0.1, 0.15) is 6.42 Å². The zero-order valence-electron chi connectivity index (χ0n) is 14.1. The van der Waals surface area contributed by atoms with E-state index < -0.39 is 13.2 Å². The molecule has 7 heteroatoms. The van der Waals surface area contributed by atoms with Gasteiger partial charge < -0.3 is 28.8 Å². The molecule has 0 heterocycles. The Kier molecular flexibility index (Phi) is 17.7. The summed E-state index contributed by atoms with van der Waals surface area (Å²) in [4.78, 5) is 9.93. The van der Waals surface area contributed by atoms with Gasteiger partial charge in [0.25, 0.3) is 0 Å². The summed E-state index contributed by atoms with van der Waals surface area (Å²) < 4.78 is 19.7. The third kappa shape index (κ3) is 28.6. The first-order chi connectivity index (χ1) is 9.83. The monoisotopic (exact) mass is 326 g/mol. The molecule has 0 saturated heterocycles.